The molecule has 5 aliphatic rings. The summed E-state index contributed by atoms with van der Waals surface area (Å²) in [7, 11) is 0. The predicted molar refractivity (Wildman–Crippen MR) is 109 cm³/mol. The highest BCUT2D eigenvalue weighted by Gasteiger charge is 2.54. The lowest BCUT2D eigenvalue weighted by atomic mass is 9.49. The van der Waals surface area contributed by atoms with Gasteiger partial charge in [0, 0.05) is 30.2 Å². The predicted octanol–water partition coefficient (Wildman–Crippen LogP) is 4.02. The number of hydrogen-bond acceptors (Lipinski definition) is 2. The summed E-state index contributed by atoms with van der Waals surface area (Å²) in [4.78, 5) is 27.5. The molecular formula is C23H31N3O2. The van der Waals surface area contributed by atoms with Gasteiger partial charge in [0.05, 0.1) is 0 Å². The van der Waals surface area contributed by atoms with Gasteiger partial charge in [-0.15, -0.1) is 0 Å². The van der Waals surface area contributed by atoms with Crippen LogP contribution in [0.3, 0.4) is 0 Å². The summed E-state index contributed by atoms with van der Waals surface area (Å²) in [6, 6.07) is 9.74. The van der Waals surface area contributed by atoms with E-state index in [4.69, 9.17) is 0 Å². The van der Waals surface area contributed by atoms with Gasteiger partial charge in [0.1, 0.15) is 0 Å². The first kappa shape index (κ1) is 18.0. The molecule has 0 radical (unpaired) electrons. The average molecular weight is 382 g/mol. The summed E-state index contributed by atoms with van der Waals surface area (Å²) < 4.78 is 0. The molecule has 5 fully saturated rings. The Morgan fingerprint density at radius 1 is 0.893 bits per heavy atom. The number of urea groups is 1. The zero-order valence-corrected chi connectivity index (χ0v) is 16.5. The molecule has 1 aromatic rings. The molecule has 0 spiro atoms. The number of anilines is 1. The van der Waals surface area contributed by atoms with Crippen molar-refractivity contribution >= 4 is 17.6 Å². The fraction of sp³-hybridized carbons (Fsp3) is 0.652. The SMILES string of the molecule is O=C(Nc1ccccc1)N1CCC(NC(=O)C23CC4CC(CC(C4)C2)C3)CC1. The van der Waals surface area contributed by atoms with Gasteiger partial charge in [-0.25, -0.2) is 4.79 Å². The Balaban J connectivity index is 1.14. The molecule has 4 bridgehead atoms. The zero-order chi connectivity index (χ0) is 19.1. The molecule has 5 heteroatoms. The first-order chi connectivity index (χ1) is 13.6. The van der Waals surface area contributed by atoms with Crippen molar-refractivity contribution in [2.45, 2.75) is 57.4 Å². The van der Waals surface area contributed by atoms with E-state index in [1.807, 2.05) is 35.2 Å². The van der Waals surface area contributed by atoms with Gasteiger partial charge < -0.3 is 15.5 Å². The fourth-order valence-corrected chi connectivity index (χ4v) is 6.68. The molecule has 150 valence electrons. The monoisotopic (exact) mass is 381 g/mol. The van der Waals surface area contributed by atoms with Crippen LogP contribution in [0.15, 0.2) is 30.3 Å². The number of para-hydroxylation sites is 1. The molecule has 5 nitrogen and oxygen atoms in total. The fourth-order valence-electron chi connectivity index (χ4n) is 6.68. The normalized spacial score (nSPS) is 34.3. The van der Waals surface area contributed by atoms with Crippen LogP contribution in [-0.2, 0) is 4.79 Å². The number of likely N-dealkylation sites (tertiary alicyclic amines) is 1. The van der Waals surface area contributed by atoms with Crippen LogP contribution in [0.1, 0.15) is 51.4 Å². The maximum absolute atomic E-state index is 13.2. The minimum absolute atomic E-state index is 0.0444. The van der Waals surface area contributed by atoms with Crippen LogP contribution in [0.25, 0.3) is 0 Å². The Hall–Kier alpha value is -2.04. The van der Waals surface area contributed by atoms with Crippen molar-refractivity contribution in [3.8, 4) is 0 Å². The highest BCUT2D eigenvalue weighted by Crippen LogP contribution is 2.60. The third-order valence-corrected chi connectivity index (χ3v) is 7.66. The molecule has 3 amide bonds. The summed E-state index contributed by atoms with van der Waals surface area (Å²) in [5, 5.41) is 6.34. The third kappa shape index (κ3) is 3.40. The van der Waals surface area contributed by atoms with Crippen molar-refractivity contribution in [2.24, 2.45) is 23.2 Å². The maximum Gasteiger partial charge on any atom is 0.321 e. The lowest BCUT2D eigenvalue weighted by molar-refractivity contribution is -0.147. The van der Waals surface area contributed by atoms with E-state index in [-0.39, 0.29) is 17.5 Å². The highest BCUT2D eigenvalue weighted by atomic mass is 16.2. The van der Waals surface area contributed by atoms with E-state index >= 15 is 0 Å². The number of carbonyl (C=O) groups is 2. The van der Waals surface area contributed by atoms with Crippen LogP contribution < -0.4 is 10.6 Å². The summed E-state index contributed by atoms with van der Waals surface area (Å²) >= 11 is 0. The minimum Gasteiger partial charge on any atom is -0.353 e. The van der Waals surface area contributed by atoms with Gasteiger partial charge >= 0.3 is 6.03 Å². The van der Waals surface area contributed by atoms with Crippen molar-refractivity contribution in [1.82, 2.24) is 10.2 Å². The average Bonchev–Trinajstić information content (AvgIpc) is 2.68. The van der Waals surface area contributed by atoms with Crippen LogP contribution in [0.5, 0.6) is 0 Å². The van der Waals surface area contributed by atoms with E-state index in [0.29, 0.717) is 19.0 Å². The molecule has 1 aliphatic heterocycles. The number of carbonyl (C=O) groups excluding carboxylic acids is 2. The molecule has 0 aromatic heterocycles. The van der Waals surface area contributed by atoms with Gasteiger partial charge in [0.25, 0.3) is 0 Å². The topological polar surface area (TPSA) is 61.4 Å². The van der Waals surface area contributed by atoms with E-state index in [9.17, 15) is 9.59 Å². The molecule has 2 N–H and O–H groups in total. The van der Waals surface area contributed by atoms with Crippen LogP contribution >= 0.6 is 0 Å². The molecule has 0 atom stereocenters. The van der Waals surface area contributed by atoms with Gasteiger partial charge in [0.15, 0.2) is 0 Å². The Bertz CT molecular complexity index is 704. The van der Waals surface area contributed by atoms with Crippen molar-refractivity contribution in [3.63, 3.8) is 0 Å². The molecule has 1 aromatic carbocycles. The largest absolute Gasteiger partial charge is 0.353 e. The third-order valence-electron chi connectivity index (χ3n) is 7.66. The first-order valence-corrected chi connectivity index (χ1v) is 11.0. The first-order valence-electron chi connectivity index (χ1n) is 11.0. The van der Waals surface area contributed by atoms with Crippen LogP contribution in [0.2, 0.25) is 0 Å². The summed E-state index contributed by atoms with van der Waals surface area (Å²) in [5.74, 6) is 2.69. The Labute approximate surface area is 167 Å². The molecule has 4 aliphatic carbocycles. The molecule has 1 heterocycles. The van der Waals surface area contributed by atoms with E-state index in [1.165, 1.54) is 19.3 Å². The zero-order valence-electron chi connectivity index (χ0n) is 16.5. The van der Waals surface area contributed by atoms with Crippen LogP contribution in [-0.4, -0.2) is 36.0 Å². The van der Waals surface area contributed by atoms with Crippen molar-refractivity contribution in [1.29, 1.82) is 0 Å². The minimum atomic E-state index is -0.0728. The Kier molecular flexibility index (Phi) is 4.56. The van der Waals surface area contributed by atoms with Crippen molar-refractivity contribution in [2.75, 3.05) is 18.4 Å². The van der Waals surface area contributed by atoms with Crippen molar-refractivity contribution < 1.29 is 9.59 Å². The number of rotatable bonds is 3. The standard InChI is InChI=1S/C23H31N3O2/c27-21(23-13-16-10-17(14-23)12-18(11-16)15-23)24-20-6-8-26(9-7-20)22(28)25-19-4-2-1-3-5-19/h1-5,16-18,20H,6-15H2,(H,24,27)(H,25,28). The number of hydrogen-bond donors (Lipinski definition) is 2. The van der Waals surface area contributed by atoms with Crippen LogP contribution in [0.4, 0.5) is 10.5 Å². The van der Waals surface area contributed by atoms with Gasteiger partial charge in [-0.05, 0) is 81.3 Å². The second-order valence-corrected chi connectivity index (χ2v) is 9.73. The Morgan fingerprint density at radius 2 is 1.46 bits per heavy atom. The number of nitrogens with one attached hydrogen (secondary N) is 2. The van der Waals surface area contributed by atoms with Gasteiger partial charge in [0.2, 0.25) is 5.91 Å². The molecule has 6 rings (SSSR count). The number of nitrogens with zero attached hydrogens (tertiary/aromatic N) is 1. The second-order valence-electron chi connectivity index (χ2n) is 9.73. The molecular weight excluding hydrogens is 350 g/mol. The van der Waals surface area contributed by atoms with Gasteiger partial charge in [-0.2, -0.15) is 0 Å². The van der Waals surface area contributed by atoms with Crippen LogP contribution in [0, 0.1) is 23.2 Å². The highest BCUT2D eigenvalue weighted by molar-refractivity contribution is 5.89. The van der Waals surface area contributed by atoms with Gasteiger partial charge in [-0.3, -0.25) is 4.79 Å². The number of piperidine rings is 1. The second kappa shape index (κ2) is 7.09. The lowest BCUT2D eigenvalue weighted by Gasteiger charge is -2.56. The molecule has 0 unspecified atom stereocenters. The summed E-state index contributed by atoms with van der Waals surface area (Å²) in [6.45, 7) is 1.40. The van der Waals surface area contributed by atoms with E-state index in [0.717, 1.165) is 55.5 Å². The van der Waals surface area contributed by atoms with Gasteiger partial charge in [-0.1, -0.05) is 18.2 Å². The molecule has 28 heavy (non-hydrogen) atoms. The van der Waals surface area contributed by atoms with E-state index in [2.05, 4.69) is 10.6 Å². The summed E-state index contributed by atoms with van der Waals surface area (Å²) in [5.41, 5.74) is 0.751. The molecule has 4 saturated carbocycles. The quantitative estimate of drug-likeness (QED) is 0.831. The maximum atomic E-state index is 13.2. The summed E-state index contributed by atoms with van der Waals surface area (Å²) in [6.07, 6.45) is 9.13. The lowest BCUT2D eigenvalue weighted by Crippen LogP contribution is -2.56. The number of amides is 3. The Morgan fingerprint density at radius 3 is 2.04 bits per heavy atom. The van der Waals surface area contributed by atoms with E-state index in [1.54, 1.807) is 0 Å². The number of benzene rings is 1. The van der Waals surface area contributed by atoms with Crippen molar-refractivity contribution in [3.05, 3.63) is 30.3 Å². The smallest absolute Gasteiger partial charge is 0.321 e. The van der Waals surface area contributed by atoms with E-state index < -0.39 is 0 Å². The molecule has 1 saturated heterocycles.